The average molecular weight is 480 g/mol. The van der Waals surface area contributed by atoms with E-state index in [9.17, 15) is 17.6 Å². The molecule has 1 N–H and O–H groups in total. The molecule has 1 saturated heterocycles. The smallest absolute Gasteiger partial charge is 0.243 e. The number of piperidine rings is 1. The number of carbonyl (C=O) groups excluding carboxylic acids is 1. The van der Waals surface area contributed by atoms with Gasteiger partial charge in [0.05, 0.1) is 10.8 Å². The van der Waals surface area contributed by atoms with E-state index in [4.69, 9.17) is 4.42 Å². The van der Waals surface area contributed by atoms with Crippen molar-refractivity contribution in [3.8, 4) is 11.5 Å². The molecule has 3 aromatic carbocycles. The van der Waals surface area contributed by atoms with Crippen molar-refractivity contribution in [1.29, 1.82) is 0 Å². The Morgan fingerprint density at radius 3 is 2.50 bits per heavy atom. The molecular formula is C25H22FN3O4S. The van der Waals surface area contributed by atoms with Crippen LogP contribution in [0.3, 0.4) is 0 Å². The SMILES string of the molecule is O=C(Nc1ccc(-c2nc3ccccc3o2)cc1)C1CCCN(S(=O)(=O)c2ccc(F)cc2)C1. The summed E-state index contributed by atoms with van der Waals surface area (Å²) in [4.78, 5) is 17.4. The van der Waals surface area contributed by atoms with Crippen molar-refractivity contribution in [1.82, 2.24) is 9.29 Å². The molecule has 1 fully saturated rings. The Hall–Kier alpha value is -3.56. The predicted molar refractivity (Wildman–Crippen MR) is 126 cm³/mol. The number of fused-ring (bicyclic) bond motifs is 1. The number of nitrogens with one attached hydrogen (secondary N) is 1. The highest BCUT2D eigenvalue weighted by Crippen LogP contribution is 2.27. The highest BCUT2D eigenvalue weighted by atomic mass is 32.2. The zero-order valence-corrected chi connectivity index (χ0v) is 19.0. The third-order valence-electron chi connectivity index (χ3n) is 5.90. The lowest BCUT2D eigenvalue weighted by Crippen LogP contribution is -2.43. The summed E-state index contributed by atoms with van der Waals surface area (Å²) in [6, 6.07) is 19.4. The van der Waals surface area contributed by atoms with Crippen LogP contribution in [0, 0.1) is 11.7 Å². The normalized spacial score (nSPS) is 17.0. The van der Waals surface area contributed by atoms with Gasteiger partial charge in [0.25, 0.3) is 0 Å². The van der Waals surface area contributed by atoms with Crippen molar-refractivity contribution in [2.75, 3.05) is 18.4 Å². The highest BCUT2D eigenvalue weighted by Gasteiger charge is 2.33. The number of para-hydroxylation sites is 2. The lowest BCUT2D eigenvalue weighted by molar-refractivity contribution is -0.120. The number of sulfonamides is 1. The third-order valence-corrected chi connectivity index (χ3v) is 7.78. The summed E-state index contributed by atoms with van der Waals surface area (Å²) in [5.74, 6) is -0.737. The number of carbonyl (C=O) groups is 1. The van der Waals surface area contributed by atoms with Crippen LogP contribution in [-0.4, -0.2) is 36.7 Å². The number of nitrogens with zero attached hydrogens (tertiary/aromatic N) is 2. The number of hydrogen-bond donors (Lipinski definition) is 1. The Balaban J connectivity index is 1.26. The van der Waals surface area contributed by atoms with E-state index in [2.05, 4.69) is 10.3 Å². The molecule has 1 amide bonds. The number of rotatable bonds is 5. The second-order valence-electron chi connectivity index (χ2n) is 8.21. The molecule has 1 aliphatic heterocycles. The van der Waals surface area contributed by atoms with E-state index in [0.29, 0.717) is 36.5 Å². The summed E-state index contributed by atoms with van der Waals surface area (Å²) in [5.41, 5.74) is 2.85. The minimum absolute atomic E-state index is 0.0183. The minimum atomic E-state index is -3.80. The fraction of sp³-hybridized carbons (Fsp3) is 0.200. The number of benzene rings is 3. The van der Waals surface area contributed by atoms with Crippen molar-refractivity contribution in [3.05, 3.63) is 78.6 Å². The molecule has 1 aromatic heterocycles. The van der Waals surface area contributed by atoms with Crippen LogP contribution in [0.1, 0.15) is 12.8 Å². The molecule has 1 aliphatic rings. The van der Waals surface area contributed by atoms with Gasteiger partial charge in [-0.1, -0.05) is 12.1 Å². The van der Waals surface area contributed by atoms with Crippen molar-refractivity contribution in [3.63, 3.8) is 0 Å². The summed E-state index contributed by atoms with van der Waals surface area (Å²) in [7, 11) is -3.80. The van der Waals surface area contributed by atoms with Crippen LogP contribution in [-0.2, 0) is 14.8 Å². The fourth-order valence-corrected chi connectivity index (χ4v) is 5.59. The topological polar surface area (TPSA) is 92.5 Å². The number of oxazole rings is 1. The Morgan fingerprint density at radius 1 is 1.03 bits per heavy atom. The first-order valence-corrected chi connectivity index (χ1v) is 12.4. The summed E-state index contributed by atoms with van der Waals surface area (Å²) < 4.78 is 46.1. The Kier molecular flexibility index (Phi) is 5.89. The van der Waals surface area contributed by atoms with Gasteiger partial charge < -0.3 is 9.73 Å². The van der Waals surface area contributed by atoms with E-state index in [1.807, 2.05) is 36.4 Å². The van der Waals surface area contributed by atoms with Gasteiger partial charge in [0.2, 0.25) is 21.8 Å². The van der Waals surface area contributed by atoms with Crippen molar-refractivity contribution in [2.45, 2.75) is 17.7 Å². The van der Waals surface area contributed by atoms with Gasteiger partial charge in [-0.2, -0.15) is 4.31 Å². The summed E-state index contributed by atoms with van der Waals surface area (Å²) >= 11 is 0. The molecule has 0 bridgehead atoms. The van der Waals surface area contributed by atoms with Gasteiger partial charge in [-0.15, -0.1) is 0 Å². The maximum atomic E-state index is 13.2. The molecule has 1 atom stereocenters. The Labute approximate surface area is 196 Å². The first kappa shape index (κ1) is 22.2. The van der Waals surface area contributed by atoms with E-state index < -0.39 is 21.8 Å². The van der Waals surface area contributed by atoms with E-state index >= 15 is 0 Å². The van der Waals surface area contributed by atoms with E-state index in [1.54, 1.807) is 12.1 Å². The van der Waals surface area contributed by atoms with Gasteiger partial charge in [-0.25, -0.2) is 17.8 Å². The van der Waals surface area contributed by atoms with Gasteiger partial charge >= 0.3 is 0 Å². The van der Waals surface area contributed by atoms with E-state index in [0.717, 1.165) is 23.2 Å². The van der Waals surface area contributed by atoms with E-state index in [1.165, 1.54) is 16.4 Å². The third kappa shape index (κ3) is 4.44. The first-order chi connectivity index (χ1) is 16.4. The van der Waals surface area contributed by atoms with Crippen LogP contribution in [0.5, 0.6) is 0 Å². The predicted octanol–water partition coefficient (Wildman–Crippen LogP) is 4.67. The zero-order chi connectivity index (χ0) is 23.7. The molecule has 0 radical (unpaired) electrons. The minimum Gasteiger partial charge on any atom is -0.436 e. The molecule has 4 aromatic rings. The molecule has 0 spiro atoms. The van der Waals surface area contributed by atoms with Crippen LogP contribution < -0.4 is 5.32 Å². The molecule has 1 unspecified atom stereocenters. The standard InChI is InChI=1S/C25H22FN3O4S/c26-19-9-13-21(14-10-19)34(31,32)29-15-3-4-18(16-29)24(30)27-20-11-7-17(8-12-20)25-28-22-5-1-2-6-23(22)33-25/h1-2,5-14,18H,3-4,15-16H2,(H,27,30). The second kappa shape index (κ2) is 9.00. The van der Waals surface area contributed by atoms with Crippen molar-refractivity contribution >= 4 is 32.7 Å². The maximum Gasteiger partial charge on any atom is 0.243 e. The monoisotopic (exact) mass is 479 g/mol. The number of hydrogen-bond acceptors (Lipinski definition) is 5. The summed E-state index contributed by atoms with van der Waals surface area (Å²) in [6.45, 7) is 0.398. The summed E-state index contributed by atoms with van der Waals surface area (Å²) in [5, 5.41) is 2.88. The van der Waals surface area contributed by atoms with Crippen LogP contribution in [0.2, 0.25) is 0 Å². The van der Waals surface area contributed by atoms with Gasteiger partial charge in [-0.3, -0.25) is 4.79 Å². The van der Waals surface area contributed by atoms with Gasteiger partial charge in [0.15, 0.2) is 5.58 Å². The van der Waals surface area contributed by atoms with Crippen LogP contribution in [0.25, 0.3) is 22.6 Å². The molecule has 34 heavy (non-hydrogen) atoms. The van der Waals surface area contributed by atoms with Crippen LogP contribution in [0.4, 0.5) is 10.1 Å². The Morgan fingerprint density at radius 2 is 1.76 bits per heavy atom. The Bertz CT molecular complexity index is 1400. The fourth-order valence-electron chi connectivity index (χ4n) is 4.07. The highest BCUT2D eigenvalue weighted by molar-refractivity contribution is 7.89. The second-order valence-corrected chi connectivity index (χ2v) is 10.1. The first-order valence-electron chi connectivity index (χ1n) is 10.9. The lowest BCUT2D eigenvalue weighted by atomic mass is 9.98. The molecule has 5 rings (SSSR count). The molecule has 2 heterocycles. The average Bonchev–Trinajstić information content (AvgIpc) is 3.29. The lowest BCUT2D eigenvalue weighted by Gasteiger charge is -2.31. The van der Waals surface area contributed by atoms with Crippen molar-refractivity contribution in [2.24, 2.45) is 5.92 Å². The van der Waals surface area contributed by atoms with E-state index in [-0.39, 0.29) is 17.3 Å². The molecular weight excluding hydrogens is 457 g/mol. The number of halogens is 1. The number of anilines is 1. The number of amides is 1. The molecule has 7 nitrogen and oxygen atoms in total. The molecule has 0 aliphatic carbocycles. The molecule has 174 valence electrons. The van der Waals surface area contributed by atoms with Gasteiger partial charge in [0.1, 0.15) is 11.3 Å². The molecule has 0 saturated carbocycles. The summed E-state index contributed by atoms with van der Waals surface area (Å²) in [6.07, 6.45) is 1.15. The quantitative estimate of drug-likeness (QED) is 0.449. The maximum absolute atomic E-state index is 13.2. The molecule has 9 heteroatoms. The number of aromatic nitrogens is 1. The van der Waals surface area contributed by atoms with Crippen LogP contribution in [0.15, 0.2) is 82.1 Å². The van der Waals surface area contributed by atoms with Crippen molar-refractivity contribution < 1.29 is 22.0 Å². The largest absolute Gasteiger partial charge is 0.436 e. The zero-order valence-electron chi connectivity index (χ0n) is 18.1. The van der Waals surface area contributed by atoms with Gasteiger partial charge in [0, 0.05) is 24.3 Å². The van der Waals surface area contributed by atoms with Crippen LogP contribution >= 0.6 is 0 Å². The van der Waals surface area contributed by atoms with Gasteiger partial charge in [-0.05, 0) is 73.5 Å².